The molecule has 2 heterocycles. The molecule has 176 valence electrons. The Bertz CT molecular complexity index is 1620. The molecule has 0 aliphatic carbocycles. The van der Waals surface area contributed by atoms with Crippen LogP contribution in [0.2, 0.25) is 5.15 Å². The number of anilines is 1. The number of pyridine rings is 2. The Hall–Kier alpha value is -3.87. The molecule has 10 heteroatoms. The molecule has 0 radical (unpaired) electrons. The highest BCUT2D eigenvalue weighted by atomic mass is 35.5. The van der Waals surface area contributed by atoms with Gasteiger partial charge in [0, 0.05) is 17.8 Å². The topological polar surface area (TPSA) is 104 Å². The molecule has 7 nitrogen and oxygen atoms in total. The number of fused-ring (bicyclic) bond motifs is 1. The second kappa shape index (κ2) is 9.41. The largest absolute Gasteiger partial charge is 0.303 e. The van der Waals surface area contributed by atoms with Gasteiger partial charge in [0.25, 0.3) is 5.91 Å². The van der Waals surface area contributed by atoms with Crippen LogP contribution in [0.25, 0.3) is 10.9 Å². The van der Waals surface area contributed by atoms with E-state index in [-0.39, 0.29) is 28.4 Å². The number of hydrogen-bond acceptors (Lipinski definition) is 6. The molecule has 1 amide bonds. The summed E-state index contributed by atoms with van der Waals surface area (Å²) in [6.07, 6.45) is 2.18. The van der Waals surface area contributed by atoms with Crippen LogP contribution >= 0.6 is 11.6 Å². The normalized spacial score (nSPS) is 11.3. The first-order valence-corrected chi connectivity index (χ1v) is 12.6. The molecule has 35 heavy (non-hydrogen) atoms. The molecule has 0 N–H and O–H groups in total. The second-order valence-electron chi connectivity index (χ2n) is 7.94. The summed E-state index contributed by atoms with van der Waals surface area (Å²) in [5.41, 5.74) is 2.33. The van der Waals surface area contributed by atoms with Crippen LogP contribution in [-0.4, -0.2) is 30.5 Å². The molecule has 0 saturated heterocycles. The van der Waals surface area contributed by atoms with Crippen LogP contribution in [0.4, 0.5) is 10.1 Å². The number of halogens is 2. The second-order valence-corrected chi connectivity index (χ2v) is 10.3. The van der Waals surface area contributed by atoms with Crippen LogP contribution in [0.5, 0.6) is 0 Å². The van der Waals surface area contributed by atoms with Crippen molar-refractivity contribution in [3.8, 4) is 6.07 Å². The predicted molar refractivity (Wildman–Crippen MR) is 130 cm³/mol. The monoisotopic (exact) mass is 508 g/mol. The van der Waals surface area contributed by atoms with E-state index in [2.05, 4.69) is 9.97 Å². The zero-order chi connectivity index (χ0) is 25.3. The summed E-state index contributed by atoms with van der Waals surface area (Å²) >= 11 is 6.17. The van der Waals surface area contributed by atoms with Crippen LogP contribution < -0.4 is 4.90 Å². The number of rotatable bonds is 5. The first-order valence-electron chi connectivity index (χ1n) is 10.3. The Morgan fingerprint density at radius 1 is 1.14 bits per heavy atom. The average molecular weight is 509 g/mol. The average Bonchev–Trinajstić information content (AvgIpc) is 2.82. The van der Waals surface area contributed by atoms with Gasteiger partial charge in [-0.3, -0.25) is 4.79 Å². The summed E-state index contributed by atoms with van der Waals surface area (Å²) in [5, 5.41) is 10.2. The Morgan fingerprint density at radius 2 is 1.91 bits per heavy atom. The van der Waals surface area contributed by atoms with E-state index in [4.69, 9.17) is 16.9 Å². The zero-order valence-electron chi connectivity index (χ0n) is 18.7. The number of aromatic nitrogens is 2. The quantitative estimate of drug-likeness (QED) is 0.357. The highest BCUT2D eigenvalue weighted by molar-refractivity contribution is 7.90. The van der Waals surface area contributed by atoms with Crippen LogP contribution in [0.1, 0.15) is 27.2 Å². The van der Waals surface area contributed by atoms with Crippen molar-refractivity contribution in [1.82, 2.24) is 9.97 Å². The van der Waals surface area contributed by atoms with E-state index in [0.29, 0.717) is 16.2 Å². The minimum atomic E-state index is -3.89. The number of nitriles is 1. The predicted octanol–water partition coefficient (Wildman–Crippen LogP) is 4.85. The molecule has 4 aromatic rings. The summed E-state index contributed by atoms with van der Waals surface area (Å²) in [4.78, 5) is 22.8. The molecule has 2 aromatic heterocycles. The van der Waals surface area contributed by atoms with Crippen molar-refractivity contribution < 1.29 is 17.6 Å². The van der Waals surface area contributed by atoms with Gasteiger partial charge in [0.1, 0.15) is 22.7 Å². The number of hydrogen-bond donors (Lipinski definition) is 0. The lowest BCUT2D eigenvalue weighted by Crippen LogP contribution is -2.32. The lowest BCUT2D eigenvalue weighted by atomic mass is 10.1. The minimum Gasteiger partial charge on any atom is -0.303 e. The Morgan fingerprint density at radius 3 is 2.57 bits per heavy atom. The van der Waals surface area contributed by atoms with Crippen molar-refractivity contribution in [3.05, 3.63) is 94.1 Å². The van der Waals surface area contributed by atoms with E-state index in [9.17, 15) is 17.6 Å². The highest BCUT2D eigenvalue weighted by Crippen LogP contribution is 2.30. The smallest absolute Gasteiger partial charge is 0.260 e. The molecule has 2 aromatic carbocycles. The van der Waals surface area contributed by atoms with Crippen molar-refractivity contribution in [2.24, 2.45) is 0 Å². The molecule has 0 spiro atoms. The maximum Gasteiger partial charge on any atom is 0.260 e. The van der Waals surface area contributed by atoms with Crippen molar-refractivity contribution in [1.29, 1.82) is 5.26 Å². The van der Waals surface area contributed by atoms with Gasteiger partial charge in [0.15, 0.2) is 9.84 Å². The van der Waals surface area contributed by atoms with Crippen molar-refractivity contribution in [2.45, 2.75) is 18.4 Å². The first-order chi connectivity index (χ1) is 16.6. The number of carbonyl (C=O) groups excluding carboxylic acids is 1. The number of amides is 1. The van der Waals surface area contributed by atoms with E-state index in [1.807, 2.05) is 25.1 Å². The van der Waals surface area contributed by atoms with Gasteiger partial charge in [-0.1, -0.05) is 23.7 Å². The van der Waals surface area contributed by atoms with Gasteiger partial charge in [-0.05, 0) is 60.5 Å². The van der Waals surface area contributed by atoms with E-state index in [1.54, 1.807) is 12.1 Å². The highest BCUT2D eigenvalue weighted by Gasteiger charge is 2.25. The Balaban J connectivity index is 1.85. The van der Waals surface area contributed by atoms with Crippen LogP contribution in [0.3, 0.4) is 0 Å². The standard InChI is InChI=1S/C25H18ClFN4O3S/c1-15-9-17-4-3-16(10-21(17)30-24(15)26)14-31(25(32)18-5-7-20(12-28)29-13-18)22-8-6-19(27)11-23(22)35(2,33)34/h3-11,13H,14H2,1-2H3. The molecule has 0 saturated carbocycles. The van der Waals surface area contributed by atoms with Crippen molar-refractivity contribution in [3.63, 3.8) is 0 Å². The molecule has 0 atom stereocenters. The SMILES string of the molecule is Cc1cc2ccc(CN(C(=O)c3ccc(C#N)nc3)c3ccc(F)cc3S(C)(=O)=O)cc2nc1Cl. The number of nitrogens with zero attached hydrogens (tertiary/aromatic N) is 4. The number of sulfone groups is 1. The van der Waals surface area contributed by atoms with Crippen molar-refractivity contribution >= 4 is 43.9 Å². The van der Waals surface area contributed by atoms with Gasteiger partial charge in [0.2, 0.25) is 0 Å². The molecule has 0 fully saturated rings. The van der Waals surface area contributed by atoms with Crippen LogP contribution in [0, 0.1) is 24.1 Å². The fourth-order valence-corrected chi connectivity index (χ4v) is 4.62. The molecular formula is C25H18ClFN4O3S. The van der Waals surface area contributed by atoms with Gasteiger partial charge < -0.3 is 4.90 Å². The summed E-state index contributed by atoms with van der Waals surface area (Å²) in [7, 11) is -3.89. The molecule has 0 aliphatic heterocycles. The van der Waals surface area contributed by atoms with Crippen molar-refractivity contribution in [2.75, 3.05) is 11.2 Å². The molecule has 4 rings (SSSR count). The van der Waals surface area contributed by atoms with Gasteiger partial charge in [0.05, 0.1) is 28.2 Å². The van der Waals surface area contributed by atoms with Gasteiger partial charge in [-0.2, -0.15) is 5.26 Å². The van der Waals surface area contributed by atoms with E-state index in [1.165, 1.54) is 29.3 Å². The van der Waals surface area contributed by atoms with E-state index in [0.717, 1.165) is 29.3 Å². The fraction of sp³-hybridized carbons (Fsp3) is 0.120. The summed E-state index contributed by atoms with van der Waals surface area (Å²) in [5.74, 6) is -1.32. The summed E-state index contributed by atoms with van der Waals surface area (Å²) in [6, 6.07) is 15.2. The Kier molecular flexibility index (Phi) is 6.52. The molecule has 0 unspecified atom stereocenters. The number of carbonyl (C=O) groups is 1. The minimum absolute atomic E-state index is 0.0123. The maximum absolute atomic E-state index is 14.0. The van der Waals surface area contributed by atoms with Gasteiger partial charge in [-0.15, -0.1) is 0 Å². The fourth-order valence-electron chi connectivity index (χ4n) is 3.59. The zero-order valence-corrected chi connectivity index (χ0v) is 20.2. The summed E-state index contributed by atoms with van der Waals surface area (Å²) in [6.45, 7) is 1.80. The van der Waals surface area contributed by atoms with Gasteiger partial charge >= 0.3 is 0 Å². The molecule has 0 aliphatic rings. The third kappa shape index (κ3) is 5.14. The Labute approximate surface area is 206 Å². The molecular weight excluding hydrogens is 491 g/mol. The third-order valence-electron chi connectivity index (χ3n) is 5.33. The first kappa shape index (κ1) is 24.3. The summed E-state index contributed by atoms with van der Waals surface area (Å²) < 4.78 is 38.9. The third-order valence-corrected chi connectivity index (χ3v) is 6.84. The lowest BCUT2D eigenvalue weighted by Gasteiger charge is -2.25. The van der Waals surface area contributed by atoms with Crippen LogP contribution in [-0.2, 0) is 16.4 Å². The van der Waals surface area contributed by atoms with E-state index < -0.39 is 21.6 Å². The van der Waals surface area contributed by atoms with E-state index >= 15 is 0 Å². The van der Waals surface area contributed by atoms with Gasteiger partial charge in [-0.25, -0.2) is 22.8 Å². The maximum atomic E-state index is 14.0. The lowest BCUT2D eigenvalue weighted by molar-refractivity contribution is 0.0984. The number of benzene rings is 2. The molecule has 0 bridgehead atoms. The van der Waals surface area contributed by atoms with Crippen LogP contribution in [0.15, 0.2) is 65.7 Å². The number of aryl methyl sites for hydroxylation is 1.